The molecule has 1 aromatic heterocycles. The first kappa shape index (κ1) is 17.5. The van der Waals surface area contributed by atoms with E-state index in [1.165, 1.54) is 5.56 Å². The third-order valence-electron chi connectivity index (χ3n) is 4.82. The van der Waals surface area contributed by atoms with E-state index in [-0.39, 0.29) is 12.0 Å². The maximum Gasteiger partial charge on any atom is 0.255 e. The van der Waals surface area contributed by atoms with Crippen molar-refractivity contribution < 1.29 is 9.53 Å². The molecule has 0 aliphatic carbocycles. The van der Waals surface area contributed by atoms with Crippen LogP contribution in [0.25, 0.3) is 16.9 Å². The topological polar surface area (TPSA) is 56.2 Å². The van der Waals surface area contributed by atoms with Gasteiger partial charge in [0, 0.05) is 24.9 Å². The van der Waals surface area contributed by atoms with Crippen molar-refractivity contribution in [2.24, 2.45) is 0 Å². The molecule has 0 radical (unpaired) electrons. The molecule has 5 nitrogen and oxygen atoms in total. The highest BCUT2D eigenvalue weighted by Crippen LogP contribution is 2.24. The lowest BCUT2D eigenvalue weighted by Crippen LogP contribution is -2.31. The molecule has 5 heteroatoms. The number of aromatic nitrogens is 2. The summed E-state index contributed by atoms with van der Waals surface area (Å²) in [6.07, 6.45) is 3.96. The van der Waals surface area contributed by atoms with Gasteiger partial charge in [0.15, 0.2) is 0 Å². The van der Waals surface area contributed by atoms with Crippen molar-refractivity contribution in [2.45, 2.75) is 25.9 Å². The number of ether oxygens (including phenoxy) is 1. The maximum atomic E-state index is 12.9. The first-order chi connectivity index (χ1) is 13.2. The molecule has 3 aromatic rings. The van der Waals surface area contributed by atoms with Gasteiger partial charge in [-0.15, -0.1) is 0 Å². The van der Waals surface area contributed by atoms with Crippen LogP contribution in [-0.2, 0) is 4.74 Å². The van der Waals surface area contributed by atoms with Gasteiger partial charge in [-0.25, -0.2) is 4.68 Å². The Hall–Kier alpha value is -2.92. The zero-order valence-corrected chi connectivity index (χ0v) is 15.4. The molecular weight excluding hydrogens is 338 g/mol. The Morgan fingerprint density at radius 1 is 1.19 bits per heavy atom. The minimum atomic E-state index is -0.122. The highest BCUT2D eigenvalue weighted by Gasteiger charge is 2.21. The van der Waals surface area contributed by atoms with Gasteiger partial charge in [0.1, 0.15) is 5.69 Å². The van der Waals surface area contributed by atoms with Crippen molar-refractivity contribution in [3.05, 3.63) is 71.9 Å². The van der Waals surface area contributed by atoms with Gasteiger partial charge < -0.3 is 10.1 Å². The van der Waals surface area contributed by atoms with Gasteiger partial charge in [0.05, 0.1) is 17.4 Å². The van der Waals surface area contributed by atoms with Crippen LogP contribution in [0, 0.1) is 6.92 Å². The highest BCUT2D eigenvalue weighted by atomic mass is 16.5. The third-order valence-corrected chi connectivity index (χ3v) is 4.82. The molecule has 138 valence electrons. The number of nitrogens with zero attached hydrogens (tertiary/aromatic N) is 2. The molecule has 2 heterocycles. The summed E-state index contributed by atoms with van der Waals surface area (Å²) in [5.74, 6) is -0.122. The summed E-state index contributed by atoms with van der Waals surface area (Å²) >= 11 is 0. The molecule has 1 aliphatic rings. The molecule has 1 amide bonds. The number of para-hydroxylation sites is 1. The largest absolute Gasteiger partial charge is 0.376 e. The second kappa shape index (κ2) is 7.76. The van der Waals surface area contributed by atoms with Crippen LogP contribution in [0.15, 0.2) is 60.8 Å². The van der Waals surface area contributed by atoms with Gasteiger partial charge in [-0.05, 0) is 31.9 Å². The number of amides is 1. The molecule has 0 saturated carbocycles. The molecule has 1 N–H and O–H groups in total. The Kier molecular flexibility index (Phi) is 5.03. The Morgan fingerprint density at radius 2 is 1.96 bits per heavy atom. The molecule has 1 atom stereocenters. The summed E-state index contributed by atoms with van der Waals surface area (Å²) in [7, 11) is 0. The van der Waals surface area contributed by atoms with E-state index in [0.29, 0.717) is 17.8 Å². The summed E-state index contributed by atoms with van der Waals surface area (Å²) in [4.78, 5) is 12.9. The van der Waals surface area contributed by atoms with Gasteiger partial charge in [-0.1, -0.05) is 48.0 Å². The highest BCUT2D eigenvalue weighted by molar-refractivity contribution is 6.00. The lowest BCUT2D eigenvalue weighted by Gasteiger charge is -2.10. The van der Waals surface area contributed by atoms with E-state index in [0.717, 1.165) is 30.7 Å². The number of nitrogens with one attached hydrogen (secondary N) is 1. The molecular formula is C22H23N3O2. The predicted molar refractivity (Wildman–Crippen MR) is 105 cm³/mol. The second-order valence-corrected chi connectivity index (χ2v) is 6.88. The van der Waals surface area contributed by atoms with Crippen LogP contribution in [0.3, 0.4) is 0 Å². The van der Waals surface area contributed by atoms with Crippen molar-refractivity contribution in [3.8, 4) is 16.9 Å². The van der Waals surface area contributed by atoms with Crippen LogP contribution in [-0.4, -0.2) is 34.9 Å². The molecule has 0 bridgehead atoms. The van der Waals surface area contributed by atoms with Gasteiger partial charge in [-0.2, -0.15) is 5.10 Å². The normalized spacial score (nSPS) is 16.4. The van der Waals surface area contributed by atoms with Crippen LogP contribution in [0.5, 0.6) is 0 Å². The second-order valence-electron chi connectivity index (χ2n) is 6.88. The summed E-state index contributed by atoms with van der Waals surface area (Å²) < 4.78 is 7.37. The van der Waals surface area contributed by atoms with Crippen LogP contribution in [0.2, 0.25) is 0 Å². The average Bonchev–Trinajstić information content (AvgIpc) is 3.37. The van der Waals surface area contributed by atoms with E-state index < -0.39 is 0 Å². The number of carbonyl (C=O) groups is 1. The fourth-order valence-electron chi connectivity index (χ4n) is 3.28. The lowest BCUT2D eigenvalue weighted by molar-refractivity contribution is 0.0858. The molecule has 2 aromatic carbocycles. The number of benzene rings is 2. The zero-order valence-electron chi connectivity index (χ0n) is 15.4. The van der Waals surface area contributed by atoms with Gasteiger partial charge in [0.25, 0.3) is 5.91 Å². The smallest absolute Gasteiger partial charge is 0.255 e. The third kappa shape index (κ3) is 3.93. The lowest BCUT2D eigenvalue weighted by atomic mass is 10.1. The number of hydrogen-bond acceptors (Lipinski definition) is 3. The average molecular weight is 361 g/mol. The molecule has 27 heavy (non-hydrogen) atoms. The fraction of sp³-hybridized carbons (Fsp3) is 0.273. The van der Waals surface area contributed by atoms with Gasteiger partial charge in [-0.3, -0.25) is 4.79 Å². The molecule has 1 saturated heterocycles. The van der Waals surface area contributed by atoms with Gasteiger partial charge >= 0.3 is 0 Å². The Morgan fingerprint density at radius 3 is 2.67 bits per heavy atom. The number of carbonyl (C=O) groups excluding carboxylic acids is 1. The van der Waals surface area contributed by atoms with Crippen molar-refractivity contribution in [2.75, 3.05) is 13.2 Å². The van der Waals surface area contributed by atoms with Crippen LogP contribution < -0.4 is 5.32 Å². The van der Waals surface area contributed by atoms with E-state index in [1.54, 1.807) is 10.9 Å². The van der Waals surface area contributed by atoms with E-state index in [1.807, 2.05) is 61.5 Å². The maximum absolute atomic E-state index is 12.9. The van der Waals surface area contributed by atoms with Crippen molar-refractivity contribution in [1.29, 1.82) is 0 Å². The van der Waals surface area contributed by atoms with Crippen LogP contribution in [0.1, 0.15) is 28.8 Å². The molecule has 4 rings (SSSR count). The molecule has 0 spiro atoms. The van der Waals surface area contributed by atoms with E-state index in [4.69, 9.17) is 9.84 Å². The summed E-state index contributed by atoms with van der Waals surface area (Å²) in [5.41, 5.74) is 4.27. The Bertz CT molecular complexity index is 910. The minimum Gasteiger partial charge on any atom is -0.376 e. The van der Waals surface area contributed by atoms with E-state index >= 15 is 0 Å². The number of rotatable bonds is 5. The first-order valence-electron chi connectivity index (χ1n) is 9.32. The summed E-state index contributed by atoms with van der Waals surface area (Å²) in [6.45, 7) is 3.35. The standard InChI is InChI=1S/C22H23N3O2/c1-16-9-11-17(12-10-16)21-20(22(26)23-14-19-8-5-13-27-19)15-25(24-21)18-6-3-2-4-7-18/h2-4,6-7,9-12,15,19H,5,8,13-14H2,1H3,(H,23,26)/t19-/m0/s1. The number of aryl methyl sites for hydroxylation is 1. The van der Waals surface area contributed by atoms with Crippen molar-refractivity contribution in [1.82, 2.24) is 15.1 Å². The van der Waals surface area contributed by atoms with Gasteiger partial charge in [0.2, 0.25) is 0 Å². The van der Waals surface area contributed by atoms with E-state index in [9.17, 15) is 4.79 Å². The van der Waals surface area contributed by atoms with Crippen LogP contribution >= 0.6 is 0 Å². The molecule has 0 unspecified atom stereocenters. The van der Waals surface area contributed by atoms with Crippen molar-refractivity contribution >= 4 is 5.91 Å². The summed E-state index contributed by atoms with van der Waals surface area (Å²) in [6, 6.07) is 17.9. The molecule has 1 aliphatic heterocycles. The van der Waals surface area contributed by atoms with E-state index in [2.05, 4.69) is 5.32 Å². The molecule has 1 fully saturated rings. The zero-order chi connectivity index (χ0) is 18.6. The predicted octanol–water partition coefficient (Wildman–Crippen LogP) is 3.76. The SMILES string of the molecule is Cc1ccc(-c2nn(-c3ccccc3)cc2C(=O)NC[C@@H]2CCCO2)cc1. The summed E-state index contributed by atoms with van der Waals surface area (Å²) in [5, 5.41) is 7.72. The number of hydrogen-bond donors (Lipinski definition) is 1. The Labute approximate surface area is 159 Å². The first-order valence-corrected chi connectivity index (χ1v) is 9.32. The van der Waals surface area contributed by atoms with Crippen LogP contribution in [0.4, 0.5) is 0 Å². The monoisotopic (exact) mass is 361 g/mol. The fourth-order valence-corrected chi connectivity index (χ4v) is 3.28. The quantitative estimate of drug-likeness (QED) is 0.753. The minimum absolute atomic E-state index is 0.112. The van der Waals surface area contributed by atoms with Crippen molar-refractivity contribution in [3.63, 3.8) is 0 Å². The Balaban J connectivity index is 1.66.